The van der Waals surface area contributed by atoms with Crippen LogP contribution in [0.15, 0.2) is 18.3 Å². The predicted octanol–water partition coefficient (Wildman–Crippen LogP) is 2.30. The molecule has 2 N–H and O–H groups in total. The number of aromatic nitrogens is 1. The van der Waals surface area contributed by atoms with E-state index in [1.165, 1.54) is 12.1 Å². The number of nitrogens with zero attached hydrogens (tertiary/aromatic N) is 1. The molecule has 0 aliphatic rings. The smallest absolute Gasteiger partial charge is 0.316 e. The maximum absolute atomic E-state index is 12.0. The van der Waals surface area contributed by atoms with Crippen LogP contribution in [0.2, 0.25) is 5.15 Å². The Morgan fingerprint density at radius 3 is 2.38 bits per heavy atom. The van der Waals surface area contributed by atoms with Gasteiger partial charge in [0.05, 0.1) is 0 Å². The quantitative estimate of drug-likeness (QED) is 0.723. The molecular formula is C7H6ClF3N2. The molecule has 2 nitrogen and oxygen atoms in total. The summed E-state index contributed by atoms with van der Waals surface area (Å²) in [5.41, 5.74) is 4.81. The van der Waals surface area contributed by atoms with Gasteiger partial charge in [0, 0.05) is 6.20 Å². The molecule has 1 heterocycles. The molecule has 1 rings (SSSR count). The Labute approximate surface area is 77.5 Å². The Kier molecular flexibility index (Phi) is 2.77. The maximum Gasteiger partial charge on any atom is 0.407 e. The van der Waals surface area contributed by atoms with Gasteiger partial charge < -0.3 is 5.73 Å². The highest BCUT2D eigenvalue weighted by atomic mass is 35.5. The highest BCUT2D eigenvalue weighted by Gasteiger charge is 2.37. The second-order valence-electron chi connectivity index (χ2n) is 2.43. The van der Waals surface area contributed by atoms with E-state index in [0.29, 0.717) is 0 Å². The first-order valence-electron chi connectivity index (χ1n) is 3.35. The van der Waals surface area contributed by atoms with Crippen molar-refractivity contribution >= 4 is 11.6 Å². The van der Waals surface area contributed by atoms with E-state index >= 15 is 0 Å². The molecule has 1 aromatic rings. The second-order valence-corrected chi connectivity index (χ2v) is 2.82. The van der Waals surface area contributed by atoms with E-state index in [2.05, 4.69) is 4.98 Å². The molecule has 0 aliphatic carbocycles. The minimum Gasteiger partial charge on any atom is -0.316 e. The number of pyridine rings is 1. The summed E-state index contributed by atoms with van der Waals surface area (Å²) in [5.74, 6) is 0. The van der Waals surface area contributed by atoms with E-state index in [4.69, 9.17) is 17.3 Å². The van der Waals surface area contributed by atoms with Crippen molar-refractivity contribution in [2.24, 2.45) is 5.73 Å². The van der Waals surface area contributed by atoms with E-state index in [9.17, 15) is 13.2 Å². The first-order valence-corrected chi connectivity index (χ1v) is 3.73. The van der Waals surface area contributed by atoms with E-state index in [1.54, 1.807) is 0 Å². The molecule has 0 fully saturated rings. The van der Waals surface area contributed by atoms with Crippen LogP contribution < -0.4 is 5.73 Å². The fourth-order valence-electron chi connectivity index (χ4n) is 0.760. The van der Waals surface area contributed by atoms with Gasteiger partial charge in [0.2, 0.25) is 0 Å². The monoisotopic (exact) mass is 210 g/mol. The number of halogens is 4. The Morgan fingerprint density at radius 1 is 1.38 bits per heavy atom. The van der Waals surface area contributed by atoms with Crippen LogP contribution in [0.3, 0.4) is 0 Å². The highest BCUT2D eigenvalue weighted by Crippen LogP contribution is 2.30. The molecule has 0 bridgehead atoms. The lowest BCUT2D eigenvalue weighted by atomic mass is 10.1. The van der Waals surface area contributed by atoms with Gasteiger partial charge in [-0.15, -0.1) is 0 Å². The van der Waals surface area contributed by atoms with Crippen molar-refractivity contribution in [2.75, 3.05) is 0 Å². The first kappa shape index (κ1) is 10.3. The van der Waals surface area contributed by atoms with E-state index in [-0.39, 0.29) is 10.7 Å². The van der Waals surface area contributed by atoms with Gasteiger partial charge in [0.1, 0.15) is 11.2 Å². The molecule has 0 radical (unpaired) electrons. The van der Waals surface area contributed by atoms with Crippen LogP contribution in [0.25, 0.3) is 0 Å². The molecule has 0 saturated heterocycles. The summed E-state index contributed by atoms with van der Waals surface area (Å²) in [4.78, 5) is 3.50. The third kappa shape index (κ3) is 2.57. The molecule has 1 atom stereocenters. The normalized spacial score (nSPS) is 14.2. The Hall–Kier alpha value is -0.810. The molecule has 72 valence electrons. The minimum absolute atomic E-state index is 0.100. The molecule has 0 amide bonds. The summed E-state index contributed by atoms with van der Waals surface area (Å²) in [6.07, 6.45) is -3.43. The lowest BCUT2D eigenvalue weighted by Gasteiger charge is -2.14. The molecular weight excluding hydrogens is 205 g/mol. The zero-order valence-corrected chi connectivity index (χ0v) is 7.10. The summed E-state index contributed by atoms with van der Waals surface area (Å²) >= 11 is 5.40. The fraction of sp³-hybridized carbons (Fsp3) is 0.286. The van der Waals surface area contributed by atoms with Crippen molar-refractivity contribution in [1.82, 2.24) is 4.98 Å². The van der Waals surface area contributed by atoms with Crippen LogP contribution in [-0.2, 0) is 0 Å². The molecule has 0 spiro atoms. The van der Waals surface area contributed by atoms with Crippen LogP contribution in [0.4, 0.5) is 13.2 Å². The van der Waals surface area contributed by atoms with Gasteiger partial charge in [0.25, 0.3) is 0 Å². The molecule has 6 heteroatoms. The van der Waals surface area contributed by atoms with Crippen molar-refractivity contribution in [3.8, 4) is 0 Å². The van der Waals surface area contributed by atoms with E-state index < -0.39 is 12.2 Å². The van der Waals surface area contributed by atoms with Crippen molar-refractivity contribution in [3.05, 3.63) is 29.0 Å². The molecule has 0 aliphatic heterocycles. The number of alkyl halides is 3. The van der Waals surface area contributed by atoms with Gasteiger partial charge in [-0.05, 0) is 11.6 Å². The van der Waals surface area contributed by atoms with Gasteiger partial charge >= 0.3 is 6.18 Å². The highest BCUT2D eigenvalue weighted by molar-refractivity contribution is 6.29. The van der Waals surface area contributed by atoms with Crippen molar-refractivity contribution in [1.29, 1.82) is 0 Å². The zero-order valence-electron chi connectivity index (χ0n) is 6.35. The van der Waals surface area contributed by atoms with Crippen LogP contribution in [0.1, 0.15) is 11.6 Å². The van der Waals surface area contributed by atoms with Crippen molar-refractivity contribution in [3.63, 3.8) is 0 Å². The fourth-order valence-corrected chi connectivity index (χ4v) is 0.872. The lowest BCUT2D eigenvalue weighted by Crippen LogP contribution is -2.28. The third-order valence-corrected chi connectivity index (χ3v) is 1.69. The molecule has 13 heavy (non-hydrogen) atoms. The van der Waals surface area contributed by atoms with E-state index in [1.807, 2.05) is 0 Å². The zero-order chi connectivity index (χ0) is 10.1. The van der Waals surface area contributed by atoms with Crippen LogP contribution in [-0.4, -0.2) is 11.2 Å². The number of hydrogen-bond donors (Lipinski definition) is 1. The standard InChI is InChI=1S/C7H6ClF3N2/c8-5-2-1-4(3-13-5)6(12)7(9,10)11/h1-3,6H,12H2/t6-/m0/s1. The molecule has 0 unspecified atom stereocenters. The second kappa shape index (κ2) is 3.51. The summed E-state index contributed by atoms with van der Waals surface area (Å²) in [5, 5.41) is 0.137. The topological polar surface area (TPSA) is 38.9 Å². The van der Waals surface area contributed by atoms with Gasteiger partial charge in [-0.1, -0.05) is 17.7 Å². The van der Waals surface area contributed by atoms with Crippen LogP contribution >= 0.6 is 11.6 Å². The number of nitrogens with two attached hydrogens (primary N) is 1. The SMILES string of the molecule is N[C@@H](c1ccc(Cl)nc1)C(F)(F)F. The molecule has 0 aromatic carbocycles. The van der Waals surface area contributed by atoms with Gasteiger partial charge in [0.15, 0.2) is 0 Å². The predicted molar refractivity (Wildman–Crippen MR) is 42.2 cm³/mol. The maximum atomic E-state index is 12.0. The van der Waals surface area contributed by atoms with Gasteiger partial charge in [-0.3, -0.25) is 0 Å². The van der Waals surface area contributed by atoms with E-state index in [0.717, 1.165) is 6.20 Å². The molecule has 0 saturated carbocycles. The summed E-state index contributed by atoms with van der Waals surface area (Å²) in [6.45, 7) is 0. The van der Waals surface area contributed by atoms with Crippen molar-refractivity contribution < 1.29 is 13.2 Å². The number of rotatable bonds is 1. The Morgan fingerprint density at radius 2 is 2.00 bits per heavy atom. The largest absolute Gasteiger partial charge is 0.407 e. The summed E-state index contributed by atoms with van der Waals surface area (Å²) in [6, 6.07) is 0.466. The van der Waals surface area contributed by atoms with Crippen molar-refractivity contribution in [2.45, 2.75) is 12.2 Å². The summed E-state index contributed by atoms with van der Waals surface area (Å²) < 4.78 is 36.1. The van der Waals surface area contributed by atoms with Crippen LogP contribution in [0, 0.1) is 0 Å². The minimum atomic E-state index is -4.45. The summed E-state index contributed by atoms with van der Waals surface area (Å²) in [7, 11) is 0. The number of hydrogen-bond acceptors (Lipinski definition) is 2. The lowest BCUT2D eigenvalue weighted by molar-refractivity contribution is -0.149. The van der Waals surface area contributed by atoms with Gasteiger partial charge in [-0.2, -0.15) is 13.2 Å². The Bertz CT molecular complexity index is 283. The van der Waals surface area contributed by atoms with Crippen LogP contribution in [0.5, 0.6) is 0 Å². The average Bonchev–Trinajstić information content (AvgIpc) is 2.03. The Balaban J connectivity index is 2.90. The van der Waals surface area contributed by atoms with Gasteiger partial charge in [-0.25, -0.2) is 4.98 Å². The average molecular weight is 211 g/mol. The first-order chi connectivity index (χ1) is 5.91. The third-order valence-electron chi connectivity index (χ3n) is 1.46. The molecule has 1 aromatic heterocycles.